The van der Waals surface area contributed by atoms with E-state index < -0.39 is 24.2 Å². The summed E-state index contributed by atoms with van der Waals surface area (Å²) in [6, 6.07) is 4.03. The van der Waals surface area contributed by atoms with Gasteiger partial charge in [-0.25, -0.2) is 8.78 Å². The molecular weight excluding hydrogens is 292 g/mol. The Hall–Kier alpha value is -2.12. The Bertz CT molecular complexity index is 559. The number of nitrogens with zero attached hydrogens (tertiary/aromatic N) is 1. The van der Waals surface area contributed by atoms with E-state index in [0.29, 0.717) is 5.56 Å². The molecule has 0 aliphatic rings. The minimum atomic E-state index is -4.80. The molecule has 0 aliphatic heterocycles. The SMILES string of the molecule is Cc1ccc(C(=O)N(C)C)cc1NC(=O)C(F)(F)C(F)F. The lowest BCUT2D eigenvalue weighted by Crippen LogP contribution is -2.41. The zero-order valence-corrected chi connectivity index (χ0v) is 11.6. The molecule has 0 unspecified atom stereocenters. The maximum atomic E-state index is 12.9. The Labute approximate surface area is 118 Å². The summed E-state index contributed by atoms with van der Waals surface area (Å²) in [5, 5.41) is 1.73. The molecule has 1 N–H and O–H groups in total. The molecule has 2 amide bonds. The van der Waals surface area contributed by atoms with Crippen molar-refractivity contribution in [3.63, 3.8) is 0 Å². The topological polar surface area (TPSA) is 49.4 Å². The predicted molar refractivity (Wildman–Crippen MR) is 68.8 cm³/mol. The summed E-state index contributed by atoms with van der Waals surface area (Å²) in [5.41, 5.74) is 0.387. The Morgan fingerprint density at radius 2 is 1.81 bits per heavy atom. The van der Waals surface area contributed by atoms with Crippen LogP contribution in [-0.4, -0.2) is 43.2 Å². The van der Waals surface area contributed by atoms with E-state index in [0.717, 1.165) is 6.07 Å². The molecule has 1 aromatic carbocycles. The molecule has 0 bridgehead atoms. The lowest BCUT2D eigenvalue weighted by atomic mass is 10.1. The summed E-state index contributed by atoms with van der Waals surface area (Å²) in [5.74, 6) is -7.32. The van der Waals surface area contributed by atoms with E-state index in [4.69, 9.17) is 0 Å². The normalized spacial score (nSPS) is 11.4. The van der Waals surface area contributed by atoms with Gasteiger partial charge in [0.25, 0.3) is 5.91 Å². The van der Waals surface area contributed by atoms with Crippen LogP contribution < -0.4 is 5.32 Å². The highest BCUT2D eigenvalue weighted by molar-refractivity contribution is 5.99. The molecule has 0 saturated carbocycles. The highest BCUT2D eigenvalue weighted by Crippen LogP contribution is 2.26. The minimum Gasteiger partial charge on any atom is -0.345 e. The van der Waals surface area contributed by atoms with Crippen molar-refractivity contribution in [2.45, 2.75) is 19.3 Å². The number of amides is 2. The largest absolute Gasteiger partial charge is 0.383 e. The van der Waals surface area contributed by atoms with Crippen LogP contribution in [0.15, 0.2) is 18.2 Å². The summed E-state index contributed by atoms with van der Waals surface area (Å²) in [7, 11) is 2.98. The van der Waals surface area contributed by atoms with Crippen LogP contribution in [0, 0.1) is 6.92 Å². The van der Waals surface area contributed by atoms with E-state index in [9.17, 15) is 27.2 Å². The lowest BCUT2D eigenvalue weighted by Gasteiger charge is -2.17. The molecule has 0 saturated heterocycles. The van der Waals surface area contributed by atoms with Crippen LogP contribution >= 0.6 is 0 Å². The van der Waals surface area contributed by atoms with Gasteiger partial charge in [-0.05, 0) is 24.6 Å². The molecule has 0 radical (unpaired) electrons. The second-order valence-electron chi connectivity index (χ2n) is 4.61. The summed E-state index contributed by atoms with van der Waals surface area (Å²) in [6.45, 7) is 1.49. The summed E-state index contributed by atoms with van der Waals surface area (Å²) >= 11 is 0. The van der Waals surface area contributed by atoms with Crippen LogP contribution in [0.2, 0.25) is 0 Å². The smallest absolute Gasteiger partial charge is 0.345 e. The van der Waals surface area contributed by atoms with Crippen LogP contribution in [-0.2, 0) is 4.79 Å². The van der Waals surface area contributed by atoms with E-state index in [-0.39, 0.29) is 11.3 Å². The zero-order valence-electron chi connectivity index (χ0n) is 11.6. The maximum Gasteiger partial charge on any atom is 0.383 e. The molecule has 0 atom stereocenters. The Morgan fingerprint density at radius 3 is 2.29 bits per heavy atom. The van der Waals surface area contributed by atoms with E-state index in [1.807, 2.05) is 0 Å². The number of hydrogen-bond donors (Lipinski definition) is 1. The van der Waals surface area contributed by atoms with E-state index >= 15 is 0 Å². The van der Waals surface area contributed by atoms with Gasteiger partial charge < -0.3 is 10.2 Å². The highest BCUT2D eigenvalue weighted by atomic mass is 19.3. The fourth-order valence-electron chi connectivity index (χ4n) is 1.45. The quantitative estimate of drug-likeness (QED) is 0.869. The van der Waals surface area contributed by atoms with Gasteiger partial charge in [0.2, 0.25) is 0 Å². The number of benzene rings is 1. The average molecular weight is 306 g/mol. The van der Waals surface area contributed by atoms with Crippen molar-refractivity contribution in [1.82, 2.24) is 4.90 Å². The number of aryl methyl sites for hydroxylation is 1. The van der Waals surface area contributed by atoms with E-state index in [1.165, 1.54) is 38.1 Å². The number of carbonyl (C=O) groups is 2. The molecule has 21 heavy (non-hydrogen) atoms. The van der Waals surface area contributed by atoms with Gasteiger partial charge in [0.15, 0.2) is 0 Å². The van der Waals surface area contributed by atoms with Crippen molar-refractivity contribution < 1.29 is 27.2 Å². The first-order chi connectivity index (χ1) is 9.57. The molecule has 4 nitrogen and oxygen atoms in total. The third-order valence-corrected chi connectivity index (χ3v) is 2.72. The van der Waals surface area contributed by atoms with Gasteiger partial charge in [-0.3, -0.25) is 9.59 Å². The number of anilines is 1. The number of nitrogens with one attached hydrogen (secondary N) is 1. The van der Waals surface area contributed by atoms with Crippen LogP contribution in [0.5, 0.6) is 0 Å². The Balaban J connectivity index is 3.06. The van der Waals surface area contributed by atoms with Crippen molar-refractivity contribution in [1.29, 1.82) is 0 Å². The number of alkyl halides is 4. The van der Waals surface area contributed by atoms with Gasteiger partial charge in [-0.2, -0.15) is 8.78 Å². The molecule has 0 aliphatic carbocycles. The number of carbonyl (C=O) groups excluding carboxylic acids is 2. The average Bonchev–Trinajstić information content (AvgIpc) is 2.39. The maximum absolute atomic E-state index is 12.9. The molecule has 0 fully saturated rings. The molecule has 0 aromatic heterocycles. The van der Waals surface area contributed by atoms with Gasteiger partial charge in [-0.1, -0.05) is 6.07 Å². The van der Waals surface area contributed by atoms with E-state index in [1.54, 1.807) is 5.32 Å². The first-order valence-electron chi connectivity index (χ1n) is 5.87. The summed E-state index contributed by atoms with van der Waals surface area (Å²) in [6.07, 6.45) is -4.11. The molecule has 1 rings (SSSR count). The standard InChI is InChI=1S/C13H14F4N2O2/c1-7-4-5-8(10(20)19(2)3)6-9(7)18-12(21)13(16,17)11(14)15/h4-6,11H,1-3H3,(H,18,21). The van der Waals surface area contributed by atoms with Gasteiger partial charge in [0, 0.05) is 25.3 Å². The zero-order chi connectivity index (χ0) is 16.4. The minimum absolute atomic E-state index is 0.118. The second kappa shape index (κ2) is 6.11. The summed E-state index contributed by atoms with van der Waals surface area (Å²) in [4.78, 5) is 24.2. The Kier molecular flexibility index (Phi) is 4.93. The monoisotopic (exact) mass is 306 g/mol. The van der Waals surface area contributed by atoms with Gasteiger partial charge in [-0.15, -0.1) is 0 Å². The molecule has 1 aromatic rings. The fraction of sp³-hybridized carbons (Fsp3) is 0.385. The van der Waals surface area contributed by atoms with Crippen LogP contribution in [0.4, 0.5) is 23.2 Å². The van der Waals surface area contributed by atoms with E-state index in [2.05, 4.69) is 0 Å². The van der Waals surface area contributed by atoms with Gasteiger partial charge in [0.05, 0.1) is 0 Å². The van der Waals surface area contributed by atoms with Crippen molar-refractivity contribution in [2.75, 3.05) is 19.4 Å². The number of hydrogen-bond acceptors (Lipinski definition) is 2. The molecule has 0 heterocycles. The number of rotatable bonds is 4. The van der Waals surface area contributed by atoms with Crippen molar-refractivity contribution in [3.05, 3.63) is 29.3 Å². The predicted octanol–water partition coefficient (Wildman–Crippen LogP) is 2.54. The third kappa shape index (κ3) is 3.71. The molecule has 0 spiro atoms. The lowest BCUT2D eigenvalue weighted by molar-refractivity contribution is -0.163. The van der Waals surface area contributed by atoms with Crippen molar-refractivity contribution >= 4 is 17.5 Å². The molecular formula is C13H14F4N2O2. The first kappa shape index (κ1) is 16.9. The molecule has 8 heteroatoms. The van der Waals surface area contributed by atoms with Crippen LogP contribution in [0.25, 0.3) is 0 Å². The second-order valence-corrected chi connectivity index (χ2v) is 4.61. The first-order valence-corrected chi connectivity index (χ1v) is 5.87. The van der Waals surface area contributed by atoms with Crippen LogP contribution in [0.1, 0.15) is 15.9 Å². The van der Waals surface area contributed by atoms with Crippen LogP contribution in [0.3, 0.4) is 0 Å². The number of halogens is 4. The van der Waals surface area contributed by atoms with Gasteiger partial charge in [0.1, 0.15) is 0 Å². The molecule has 116 valence electrons. The van der Waals surface area contributed by atoms with Gasteiger partial charge >= 0.3 is 18.3 Å². The fourth-order valence-corrected chi connectivity index (χ4v) is 1.45. The van der Waals surface area contributed by atoms with Crippen molar-refractivity contribution in [2.24, 2.45) is 0 Å². The highest BCUT2D eigenvalue weighted by Gasteiger charge is 2.49. The Morgan fingerprint density at radius 1 is 1.24 bits per heavy atom. The van der Waals surface area contributed by atoms with Crippen molar-refractivity contribution in [3.8, 4) is 0 Å². The summed E-state index contributed by atoms with van der Waals surface area (Å²) < 4.78 is 50.0. The third-order valence-electron chi connectivity index (χ3n) is 2.72.